The highest BCUT2D eigenvalue weighted by atomic mass is 19.2. The first kappa shape index (κ1) is 27.0. The summed E-state index contributed by atoms with van der Waals surface area (Å²) in [4.78, 5) is 23.5. The highest BCUT2D eigenvalue weighted by molar-refractivity contribution is 6.03. The van der Waals surface area contributed by atoms with Crippen molar-refractivity contribution in [1.82, 2.24) is 14.9 Å². The Labute approximate surface area is 220 Å². The van der Waals surface area contributed by atoms with E-state index in [2.05, 4.69) is 45.3 Å². The molecule has 0 aliphatic carbocycles. The molecule has 10 heteroatoms. The average molecular weight is 522 g/mol. The Kier molecular flexibility index (Phi) is 8.84. The second-order valence-electron chi connectivity index (χ2n) is 8.66. The first-order valence-corrected chi connectivity index (χ1v) is 12.4. The fourth-order valence-corrected chi connectivity index (χ4v) is 4.02. The summed E-state index contributed by atoms with van der Waals surface area (Å²) in [6.07, 6.45) is 10.5. The van der Waals surface area contributed by atoms with E-state index in [9.17, 15) is 13.6 Å². The van der Waals surface area contributed by atoms with E-state index in [-0.39, 0.29) is 29.1 Å². The van der Waals surface area contributed by atoms with Crippen LogP contribution in [0.5, 0.6) is 5.75 Å². The first-order chi connectivity index (χ1) is 18.4. The quantitative estimate of drug-likeness (QED) is 0.297. The van der Waals surface area contributed by atoms with Gasteiger partial charge in [0.15, 0.2) is 11.6 Å². The standard InChI is InChI=1S/C28H29F2N5O3/c1-4-18-12-21(29)27(30)24(13-18)34-28-20-14-23(33-26(36)8-7-10-35(5-2)6-3)25(15-22(20)31-17-32-28)38-19-9-11-37-16-19/h1,7-8,12-15,17,19H,5-6,9-11,16H2,2-3H3,(H,33,36)(H,31,32,34)/t19-/m0/s1. The molecule has 0 unspecified atom stereocenters. The van der Waals surface area contributed by atoms with Crippen molar-refractivity contribution in [3.63, 3.8) is 0 Å². The van der Waals surface area contributed by atoms with Gasteiger partial charge in [-0.25, -0.2) is 18.7 Å². The number of terminal acetylenes is 1. The van der Waals surface area contributed by atoms with Crippen LogP contribution < -0.4 is 15.4 Å². The molecule has 2 N–H and O–H groups in total. The van der Waals surface area contributed by atoms with Gasteiger partial charge in [-0.15, -0.1) is 6.42 Å². The molecular formula is C28H29F2N5O3. The topological polar surface area (TPSA) is 88.6 Å². The van der Waals surface area contributed by atoms with Gasteiger partial charge in [0, 0.05) is 36.1 Å². The normalized spacial score (nSPS) is 15.2. The lowest BCUT2D eigenvalue weighted by Gasteiger charge is -2.18. The van der Waals surface area contributed by atoms with Crippen LogP contribution in [-0.2, 0) is 9.53 Å². The Morgan fingerprint density at radius 3 is 2.76 bits per heavy atom. The van der Waals surface area contributed by atoms with E-state index in [0.29, 0.717) is 48.5 Å². The molecular weight excluding hydrogens is 492 g/mol. The minimum absolute atomic E-state index is 0.170. The zero-order valence-corrected chi connectivity index (χ0v) is 21.3. The number of anilines is 3. The van der Waals surface area contributed by atoms with Gasteiger partial charge >= 0.3 is 0 Å². The number of carbonyl (C=O) groups is 1. The number of likely N-dealkylation sites (N-methyl/N-ethyl adjacent to an activating group) is 1. The summed E-state index contributed by atoms with van der Waals surface area (Å²) in [5.74, 6) is 0.391. The van der Waals surface area contributed by atoms with Gasteiger partial charge in [-0.3, -0.25) is 4.79 Å². The van der Waals surface area contributed by atoms with E-state index < -0.39 is 11.6 Å². The van der Waals surface area contributed by atoms with E-state index in [1.54, 1.807) is 18.2 Å². The summed E-state index contributed by atoms with van der Waals surface area (Å²) in [5.41, 5.74) is 0.847. The summed E-state index contributed by atoms with van der Waals surface area (Å²) in [5, 5.41) is 6.13. The minimum atomic E-state index is -1.09. The van der Waals surface area contributed by atoms with Gasteiger partial charge in [0.1, 0.15) is 24.0 Å². The van der Waals surface area contributed by atoms with Crippen LogP contribution in [0.2, 0.25) is 0 Å². The number of ether oxygens (including phenoxy) is 2. The lowest BCUT2D eigenvalue weighted by atomic mass is 10.1. The number of fused-ring (bicyclic) bond motifs is 1. The summed E-state index contributed by atoms with van der Waals surface area (Å²) in [7, 11) is 0. The van der Waals surface area contributed by atoms with E-state index in [4.69, 9.17) is 15.9 Å². The van der Waals surface area contributed by atoms with Crippen molar-refractivity contribution in [3.05, 3.63) is 59.9 Å². The summed E-state index contributed by atoms with van der Waals surface area (Å²) in [6, 6.07) is 5.56. The minimum Gasteiger partial charge on any atom is -0.486 e. The zero-order valence-electron chi connectivity index (χ0n) is 21.3. The molecule has 0 bridgehead atoms. The van der Waals surface area contributed by atoms with Crippen LogP contribution >= 0.6 is 0 Å². The van der Waals surface area contributed by atoms with Crippen molar-refractivity contribution >= 4 is 34.0 Å². The molecule has 1 aliphatic heterocycles. The van der Waals surface area contributed by atoms with Gasteiger partial charge in [0.05, 0.1) is 30.1 Å². The third-order valence-corrected chi connectivity index (χ3v) is 6.15. The predicted molar refractivity (Wildman–Crippen MR) is 143 cm³/mol. The summed E-state index contributed by atoms with van der Waals surface area (Å²) >= 11 is 0. The van der Waals surface area contributed by atoms with Crippen LogP contribution in [0.25, 0.3) is 10.9 Å². The maximum Gasteiger partial charge on any atom is 0.248 e. The third kappa shape index (κ3) is 6.43. The smallest absolute Gasteiger partial charge is 0.248 e. The molecule has 1 fully saturated rings. The molecule has 1 aromatic heterocycles. The largest absolute Gasteiger partial charge is 0.486 e. The molecule has 0 spiro atoms. The lowest BCUT2D eigenvalue weighted by Crippen LogP contribution is -2.23. The van der Waals surface area contributed by atoms with Crippen molar-refractivity contribution in [2.75, 3.05) is 43.5 Å². The monoisotopic (exact) mass is 521 g/mol. The van der Waals surface area contributed by atoms with Crippen molar-refractivity contribution in [2.45, 2.75) is 26.4 Å². The zero-order chi connectivity index (χ0) is 27.1. The number of benzene rings is 2. The first-order valence-electron chi connectivity index (χ1n) is 12.4. The van der Waals surface area contributed by atoms with E-state index >= 15 is 0 Å². The SMILES string of the molecule is C#Cc1cc(F)c(F)c(Nc2ncnc3cc(O[C@H]4CCOC4)c(NC(=O)C=CCN(CC)CC)cc23)c1. The van der Waals surface area contributed by atoms with E-state index in [1.165, 1.54) is 18.5 Å². The Bertz CT molecular complexity index is 1380. The Balaban J connectivity index is 1.69. The number of nitrogens with zero attached hydrogens (tertiary/aromatic N) is 3. The van der Waals surface area contributed by atoms with Gasteiger partial charge in [-0.05, 0) is 31.3 Å². The fraction of sp³-hybridized carbons (Fsp3) is 0.321. The van der Waals surface area contributed by atoms with Crippen LogP contribution in [0.3, 0.4) is 0 Å². The Morgan fingerprint density at radius 1 is 1.24 bits per heavy atom. The summed E-state index contributed by atoms with van der Waals surface area (Å²) in [6.45, 7) is 7.52. The van der Waals surface area contributed by atoms with Crippen LogP contribution in [-0.4, -0.2) is 59.7 Å². The molecule has 1 aliphatic rings. The maximum absolute atomic E-state index is 14.5. The maximum atomic E-state index is 14.5. The Hall–Kier alpha value is -4.07. The molecule has 1 atom stereocenters. The van der Waals surface area contributed by atoms with Crippen molar-refractivity contribution < 1.29 is 23.0 Å². The molecule has 1 saturated heterocycles. The molecule has 1 amide bonds. The van der Waals surface area contributed by atoms with Crippen LogP contribution in [0.4, 0.5) is 26.0 Å². The molecule has 8 nitrogen and oxygen atoms in total. The van der Waals surface area contributed by atoms with E-state index in [0.717, 1.165) is 19.2 Å². The Morgan fingerprint density at radius 2 is 2.05 bits per heavy atom. The van der Waals surface area contributed by atoms with Gasteiger partial charge in [-0.2, -0.15) is 0 Å². The highest BCUT2D eigenvalue weighted by Gasteiger charge is 2.21. The van der Waals surface area contributed by atoms with Gasteiger partial charge in [0.25, 0.3) is 0 Å². The van der Waals surface area contributed by atoms with Gasteiger partial charge in [-0.1, -0.05) is 25.8 Å². The summed E-state index contributed by atoms with van der Waals surface area (Å²) < 4.78 is 40.1. The number of nitrogens with one attached hydrogen (secondary N) is 2. The van der Waals surface area contributed by atoms with Gasteiger partial charge < -0.3 is 25.0 Å². The molecule has 0 radical (unpaired) electrons. The second kappa shape index (κ2) is 12.4. The van der Waals surface area contributed by atoms with Crippen LogP contribution in [0.1, 0.15) is 25.8 Å². The average Bonchev–Trinajstić information content (AvgIpc) is 3.43. The van der Waals surface area contributed by atoms with E-state index in [1.807, 2.05) is 0 Å². The lowest BCUT2D eigenvalue weighted by molar-refractivity contribution is -0.111. The third-order valence-electron chi connectivity index (χ3n) is 6.15. The number of aromatic nitrogens is 2. The molecule has 2 heterocycles. The highest BCUT2D eigenvalue weighted by Crippen LogP contribution is 2.35. The van der Waals surface area contributed by atoms with Crippen molar-refractivity contribution in [1.29, 1.82) is 0 Å². The predicted octanol–water partition coefficient (Wildman–Crippen LogP) is 4.64. The number of rotatable bonds is 10. The van der Waals surface area contributed by atoms with Gasteiger partial charge in [0.2, 0.25) is 5.91 Å². The molecule has 4 rings (SSSR count). The second-order valence-corrected chi connectivity index (χ2v) is 8.66. The number of halogens is 2. The van der Waals surface area contributed by atoms with Crippen LogP contribution in [0.15, 0.2) is 42.7 Å². The van der Waals surface area contributed by atoms with Crippen molar-refractivity contribution in [2.24, 2.45) is 0 Å². The molecule has 198 valence electrons. The molecule has 0 saturated carbocycles. The molecule has 38 heavy (non-hydrogen) atoms. The molecule has 3 aromatic rings. The number of hydrogen-bond acceptors (Lipinski definition) is 7. The fourth-order valence-electron chi connectivity index (χ4n) is 4.02. The van der Waals surface area contributed by atoms with Crippen molar-refractivity contribution in [3.8, 4) is 18.1 Å². The number of carbonyl (C=O) groups excluding carboxylic acids is 1. The number of hydrogen-bond donors (Lipinski definition) is 2. The van der Waals surface area contributed by atoms with Crippen LogP contribution in [0, 0.1) is 24.0 Å². The number of amides is 1. The molecule has 2 aromatic carbocycles.